The average Bonchev–Trinajstić information content (AvgIpc) is 3.27. The van der Waals surface area contributed by atoms with Crippen molar-refractivity contribution in [3.63, 3.8) is 0 Å². The Morgan fingerprint density at radius 1 is 1.16 bits per heavy atom. The summed E-state index contributed by atoms with van der Waals surface area (Å²) in [5, 5.41) is 12.6. The highest BCUT2D eigenvalue weighted by atomic mass is 16.3. The van der Waals surface area contributed by atoms with Gasteiger partial charge in [-0.15, -0.1) is 0 Å². The summed E-state index contributed by atoms with van der Waals surface area (Å²) >= 11 is 0. The number of likely N-dealkylation sites (tertiary alicyclic amines) is 1. The van der Waals surface area contributed by atoms with Crippen LogP contribution in [0.25, 0.3) is 0 Å². The lowest BCUT2D eigenvalue weighted by atomic mass is 9.88. The van der Waals surface area contributed by atoms with Crippen LogP contribution in [0.2, 0.25) is 0 Å². The fraction of sp³-hybridized carbons (Fsp3) is 1.00. The number of nitrogens with one attached hydrogen (secondary N) is 1. The second-order valence-electron chi connectivity index (χ2n) is 7.19. The Kier molecular flexibility index (Phi) is 4.45. The van der Waals surface area contributed by atoms with Crippen LogP contribution in [0.3, 0.4) is 0 Å². The molecule has 0 aromatic carbocycles. The Morgan fingerprint density at radius 2 is 1.95 bits per heavy atom. The minimum Gasteiger partial charge on any atom is -0.395 e. The van der Waals surface area contributed by atoms with E-state index in [1.807, 2.05) is 0 Å². The van der Waals surface area contributed by atoms with E-state index in [1.54, 1.807) is 0 Å². The second-order valence-corrected chi connectivity index (χ2v) is 7.19. The van der Waals surface area contributed by atoms with Gasteiger partial charge in [0.25, 0.3) is 0 Å². The highest BCUT2D eigenvalue weighted by molar-refractivity contribution is 4.92. The number of rotatable bonds is 7. The first-order chi connectivity index (χ1) is 9.26. The molecule has 1 saturated heterocycles. The van der Waals surface area contributed by atoms with E-state index < -0.39 is 0 Å². The number of hydrogen-bond acceptors (Lipinski definition) is 3. The third-order valence-corrected chi connectivity index (χ3v) is 5.35. The Bertz CT molecular complexity index is 288. The molecule has 3 unspecified atom stereocenters. The van der Waals surface area contributed by atoms with Crippen LogP contribution < -0.4 is 5.32 Å². The summed E-state index contributed by atoms with van der Waals surface area (Å²) in [5.41, 5.74) is 0. The molecule has 3 nitrogen and oxygen atoms in total. The smallest absolute Gasteiger partial charge is 0.0556 e. The molecule has 19 heavy (non-hydrogen) atoms. The van der Waals surface area contributed by atoms with Gasteiger partial charge in [0.15, 0.2) is 0 Å². The number of nitrogens with zero attached hydrogens (tertiary/aromatic N) is 1. The van der Waals surface area contributed by atoms with E-state index in [-0.39, 0.29) is 6.61 Å². The van der Waals surface area contributed by atoms with Gasteiger partial charge in [0.05, 0.1) is 6.61 Å². The fourth-order valence-electron chi connectivity index (χ4n) is 3.86. The lowest BCUT2D eigenvalue weighted by molar-refractivity contribution is 0.0868. The van der Waals surface area contributed by atoms with Gasteiger partial charge in [0, 0.05) is 31.7 Å². The maximum absolute atomic E-state index is 9.02. The van der Waals surface area contributed by atoms with Crippen LogP contribution in [0, 0.1) is 17.8 Å². The predicted octanol–water partition coefficient (Wildman–Crippen LogP) is 1.86. The molecule has 1 aliphatic heterocycles. The molecule has 2 N–H and O–H groups in total. The second kappa shape index (κ2) is 6.11. The molecular formula is C16H30N2O. The van der Waals surface area contributed by atoms with Crippen molar-refractivity contribution in [1.82, 2.24) is 10.2 Å². The molecule has 3 atom stereocenters. The van der Waals surface area contributed by atoms with Gasteiger partial charge in [0.1, 0.15) is 0 Å². The van der Waals surface area contributed by atoms with Gasteiger partial charge in [-0.1, -0.05) is 12.8 Å². The third kappa shape index (κ3) is 3.93. The summed E-state index contributed by atoms with van der Waals surface area (Å²) < 4.78 is 0. The quantitative estimate of drug-likeness (QED) is 0.738. The Balaban J connectivity index is 1.55. The minimum atomic E-state index is 0.266. The van der Waals surface area contributed by atoms with Gasteiger partial charge in [-0.2, -0.15) is 0 Å². The largest absolute Gasteiger partial charge is 0.395 e. The van der Waals surface area contributed by atoms with Gasteiger partial charge < -0.3 is 10.4 Å². The monoisotopic (exact) mass is 266 g/mol. The molecule has 0 aromatic heterocycles. The molecule has 0 aromatic rings. The normalized spacial score (nSPS) is 34.4. The predicted molar refractivity (Wildman–Crippen MR) is 78.1 cm³/mol. The summed E-state index contributed by atoms with van der Waals surface area (Å²) in [4.78, 5) is 2.74. The molecule has 3 heteroatoms. The summed E-state index contributed by atoms with van der Waals surface area (Å²) in [6, 6.07) is 1.38. The van der Waals surface area contributed by atoms with Crippen LogP contribution in [0.1, 0.15) is 45.4 Å². The van der Waals surface area contributed by atoms with E-state index in [0.29, 0.717) is 6.04 Å². The van der Waals surface area contributed by atoms with Crippen LogP contribution in [0.5, 0.6) is 0 Å². The van der Waals surface area contributed by atoms with Crippen molar-refractivity contribution in [3.8, 4) is 0 Å². The molecule has 2 aliphatic carbocycles. The number of hydrogen-bond donors (Lipinski definition) is 2. The molecule has 0 spiro atoms. The number of aliphatic hydroxyl groups excluding tert-OH is 1. The number of aliphatic hydroxyl groups is 1. The van der Waals surface area contributed by atoms with E-state index in [0.717, 1.165) is 30.3 Å². The molecule has 3 rings (SSSR count). The lowest BCUT2D eigenvalue weighted by Gasteiger charge is -2.41. The first-order valence-corrected chi connectivity index (χ1v) is 8.34. The first kappa shape index (κ1) is 13.8. The van der Waals surface area contributed by atoms with Gasteiger partial charge in [-0.25, -0.2) is 0 Å². The summed E-state index contributed by atoms with van der Waals surface area (Å²) in [6.45, 7) is 5.97. The molecule has 0 bridgehead atoms. The molecule has 3 fully saturated rings. The van der Waals surface area contributed by atoms with E-state index in [9.17, 15) is 0 Å². The van der Waals surface area contributed by atoms with Crippen LogP contribution in [0.15, 0.2) is 0 Å². The first-order valence-electron chi connectivity index (χ1n) is 8.34. The topological polar surface area (TPSA) is 35.5 Å². The Labute approximate surface area is 117 Å². The van der Waals surface area contributed by atoms with Crippen LogP contribution in [0.4, 0.5) is 0 Å². The van der Waals surface area contributed by atoms with Crippen LogP contribution in [-0.2, 0) is 0 Å². The van der Waals surface area contributed by atoms with Crippen molar-refractivity contribution in [3.05, 3.63) is 0 Å². The minimum absolute atomic E-state index is 0.266. The van der Waals surface area contributed by atoms with E-state index in [1.165, 1.54) is 51.6 Å². The van der Waals surface area contributed by atoms with E-state index in [4.69, 9.17) is 5.11 Å². The zero-order chi connectivity index (χ0) is 13.2. The molecule has 2 saturated carbocycles. The number of piperidine rings is 1. The van der Waals surface area contributed by atoms with Crippen molar-refractivity contribution in [2.45, 2.75) is 57.5 Å². The molecule has 1 heterocycles. The summed E-state index contributed by atoms with van der Waals surface area (Å²) in [5.74, 6) is 2.90. The Morgan fingerprint density at radius 3 is 2.58 bits per heavy atom. The third-order valence-electron chi connectivity index (χ3n) is 5.35. The van der Waals surface area contributed by atoms with Gasteiger partial charge >= 0.3 is 0 Å². The van der Waals surface area contributed by atoms with Gasteiger partial charge in [0.2, 0.25) is 0 Å². The summed E-state index contributed by atoms with van der Waals surface area (Å²) in [7, 11) is 0. The van der Waals surface area contributed by atoms with Crippen molar-refractivity contribution in [2.24, 2.45) is 17.8 Å². The highest BCUT2D eigenvalue weighted by Crippen LogP contribution is 2.40. The van der Waals surface area contributed by atoms with Gasteiger partial charge in [-0.3, -0.25) is 4.90 Å². The maximum atomic E-state index is 9.02. The van der Waals surface area contributed by atoms with Crippen molar-refractivity contribution in [2.75, 3.05) is 26.2 Å². The zero-order valence-electron chi connectivity index (χ0n) is 12.4. The van der Waals surface area contributed by atoms with Crippen molar-refractivity contribution in [1.29, 1.82) is 0 Å². The van der Waals surface area contributed by atoms with Crippen LogP contribution in [-0.4, -0.2) is 48.3 Å². The van der Waals surface area contributed by atoms with E-state index in [2.05, 4.69) is 17.1 Å². The van der Waals surface area contributed by atoms with Crippen LogP contribution >= 0.6 is 0 Å². The van der Waals surface area contributed by atoms with Crippen molar-refractivity contribution < 1.29 is 5.11 Å². The fourth-order valence-corrected chi connectivity index (χ4v) is 3.86. The highest BCUT2D eigenvalue weighted by Gasteiger charge is 2.37. The summed E-state index contributed by atoms with van der Waals surface area (Å²) in [6.07, 6.45) is 8.61. The van der Waals surface area contributed by atoms with Gasteiger partial charge in [-0.05, 0) is 50.4 Å². The maximum Gasteiger partial charge on any atom is 0.0556 e. The van der Waals surface area contributed by atoms with Crippen molar-refractivity contribution >= 4 is 0 Å². The average molecular weight is 266 g/mol. The van der Waals surface area contributed by atoms with E-state index >= 15 is 0 Å². The SMILES string of the molecule is CC(C1CC1)N1CC(CC2CC2)CC(NCCO)C1. The molecular weight excluding hydrogens is 236 g/mol. The standard InChI is InChI=1S/C16H30N2O/c1-12(15-4-5-15)18-10-14(8-13-2-3-13)9-16(11-18)17-6-7-19/h12-17,19H,2-11H2,1H3. The Hall–Kier alpha value is -0.120. The molecule has 110 valence electrons. The zero-order valence-corrected chi connectivity index (χ0v) is 12.4. The molecule has 0 radical (unpaired) electrons. The lowest BCUT2D eigenvalue weighted by Crippen LogP contribution is -2.53. The molecule has 0 amide bonds. The molecule has 3 aliphatic rings.